The van der Waals surface area contributed by atoms with E-state index in [1.165, 1.54) is 6.92 Å². The number of aliphatic hydroxyl groups excluding tert-OH is 1. The molecule has 1 atom stereocenters. The molecule has 0 aromatic heterocycles. The molecule has 0 spiro atoms. The number of hydrogen-bond acceptors (Lipinski definition) is 6. The quantitative estimate of drug-likeness (QED) is 0.358. The molecule has 0 fully saturated rings. The van der Waals surface area contributed by atoms with E-state index in [0.717, 1.165) is 24.2 Å². The van der Waals surface area contributed by atoms with Crippen molar-refractivity contribution in [3.63, 3.8) is 0 Å². The zero-order valence-corrected chi connectivity index (χ0v) is 12.4. The van der Waals surface area contributed by atoms with Crippen molar-refractivity contribution in [2.24, 2.45) is 0 Å². The first kappa shape index (κ1) is 19.4. The summed E-state index contributed by atoms with van der Waals surface area (Å²) in [4.78, 5) is 56.5. The number of nitrogens with zero attached hydrogens (tertiary/aromatic N) is 1. The third-order valence-electron chi connectivity index (χ3n) is 2.59. The number of carbonyl (C=O) groups is 5. The van der Waals surface area contributed by atoms with E-state index in [4.69, 9.17) is 5.11 Å². The van der Waals surface area contributed by atoms with Gasteiger partial charge in [0.1, 0.15) is 12.3 Å². The van der Waals surface area contributed by atoms with Crippen LogP contribution in [0.15, 0.2) is 12.2 Å². The minimum absolute atomic E-state index is 0.0425. The van der Waals surface area contributed by atoms with Gasteiger partial charge in [0, 0.05) is 32.2 Å². The molecule has 0 saturated carbocycles. The van der Waals surface area contributed by atoms with Gasteiger partial charge in [-0.15, -0.1) is 0 Å². The molecule has 9 nitrogen and oxygen atoms in total. The van der Waals surface area contributed by atoms with Gasteiger partial charge in [-0.1, -0.05) is 0 Å². The van der Waals surface area contributed by atoms with Crippen molar-refractivity contribution >= 4 is 29.9 Å². The molecule has 1 rings (SSSR count). The molecule has 1 unspecified atom stereocenters. The molecule has 4 amide bonds. The van der Waals surface area contributed by atoms with E-state index >= 15 is 0 Å². The van der Waals surface area contributed by atoms with Crippen LogP contribution in [0.25, 0.3) is 0 Å². The highest BCUT2D eigenvalue weighted by molar-refractivity contribution is 6.13. The van der Waals surface area contributed by atoms with Crippen LogP contribution in [-0.4, -0.2) is 66.2 Å². The lowest BCUT2D eigenvalue weighted by Crippen LogP contribution is -2.46. The maximum absolute atomic E-state index is 11.6. The summed E-state index contributed by atoms with van der Waals surface area (Å²) in [6.45, 7) is 1.30. The predicted molar refractivity (Wildman–Crippen MR) is 75.3 cm³/mol. The predicted octanol–water partition coefficient (Wildman–Crippen LogP) is -2.27. The fourth-order valence-electron chi connectivity index (χ4n) is 1.54. The van der Waals surface area contributed by atoms with Gasteiger partial charge in [-0.05, 0) is 6.92 Å². The Kier molecular flexibility index (Phi) is 9.03. The first-order valence-electron chi connectivity index (χ1n) is 6.44. The van der Waals surface area contributed by atoms with E-state index in [2.05, 4.69) is 10.6 Å². The second-order valence-electron chi connectivity index (χ2n) is 4.11. The first-order chi connectivity index (χ1) is 10.5. The minimum atomic E-state index is -0.800. The molecule has 0 saturated heterocycles. The van der Waals surface area contributed by atoms with E-state index in [1.807, 2.05) is 0 Å². The third kappa shape index (κ3) is 6.27. The van der Waals surface area contributed by atoms with Crippen molar-refractivity contribution in [2.75, 3.05) is 20.2 Å². The molecule has 122 valence electrons. The van der Waals surface area contributed by atoms with Crippen LogP contribution in [0.4, 0.5) is 0 Å². The van der Waals surface area contributed by atoms with Crippen molar-refractivity contribution in [3.05, 3.63) is 12.2 Å². The summed E-state index contributed by atoms with van der Waals surface area (Å²) >= 11 is 0. The Morgan fingerprint density at radius 3 is 2.32 bits per heavy atom. The Balaban J connectivity index is 0.00000211. The van der Waals surface area contributed by atoms with Crippen molar-refractivity contribution in [1.82, 2.24) is 15.5 Å². The normalized spacial score (nSPS) is 14.0. The SMILES string of the molecule is CC(NC(=O)CCN1C(=O)C=CC1=O)C(=O)NCC=O.CO. The molecule has 1 aliphatic heterocycles. The third-order valence-corrected chi connectivity index (χ3v) is 2.59. The average Bonchev–Trinajstić information content (AvgIpc) is 2.83. The molecular weight excluding hydrogens is 294 g/mol. The Hall–Kier alpha value is -2.55. The fourth-order valence-corrected chi connectivity index (χ4v) is 1.54. The lowest BCUT2D eigenvalue weighted by molar-refractivity contribution is -0.137. The van der Waals surface area contributed by atoms with Gasteiger partial charge in [0.05, 0.1) is 6.54 Å². The number of carbonyl (C=O) groups excluding carboxylic acids is 5. The number of hydrogen-bond donors (Lipinski definition) is 3. The maximum Gasteiger partial charge on any atom is 0.253 e. The second-order valence-corrected chi connectivity index (χ2v) is 4.11. The molecule has 1 aliphatic rings. The van der Waals surface area contributed by atoms with Gasteiger partial charge in [0.15, 0.2) is 0 Å². The van der Waals surface area contributed by atoms with Gasteiger partial charge in [0.2, 0.25) is 11.8 Å². The van der Waals surface area contributed by atoms with Gasteiger partial charge in [-0.3, -0.25) is 24.1 Å². The molecular formula is C13H19N3O6. The van der Waals surface area contributed by atoms with Crippen LogP contribution in [0.3, 0.4) is 0 Å². The van der Waals surface area contributed by atoms with Crippen molar-refractivity contribution in [3.8, 4) is 0 Å². The molecule has 1 heterocycles. The summed E-state index contributed by atoms with van der Waals surface area (Å²) in [5.74, 6) is -1.87. The van der Waals surface area contributed by atoms with E-state index < -0.39 is 29.7 Å². The van der Waals surface area contributed by atoms with Crippen LogP contribution in [0.1, 0.15) is 13.3 Å². The topological polar surface area (TPSA) is 133 Å². The van der Waals surface area contributed by atoms with Crippen LogP contribution in [-0.2, 0) is 24.0 Å². The smallest absolute Gasteiger partial charge is 0.253 e. The highest BCUT2D eigenvalue weighted by Crippen LogP contribution is 2.04. The summed E-state index contributed by atoms with van der Waals surface area (Å²) < 4.78 is 0. The van der Waals surface area contributed by atoms with Gasteiger partial charge in [-0.2, -0.15) is 0 Å². The van der Waals surface area contributed by atoms with Crippen LogP contribution < -0.4 is 10.6 Å². The Labute approximate surface area is 127 Å². The van der Waals surface area contributed by atoms with Gasteiger partial charge in [0.25, 0.3) is 11.8 Å². The number of amides is 4. The van der Waals surface area contributed by atoms with Crippen molar-refractivity contribution in [1.29, 1.82) is 0 Å². The summed E-state index contributed by atoms with van der Waals surface area (Å²) in [5, 5.41) is 11.7. The fraction of sp³-hybridized carbons (Fsp3) is 0.462. The molecule has 0 aromatic rings. The summed E-state index contributed by atoms with van der Waals surface area (Å²) in [7, 11) is 1.00. The lowest BCUT2D eigenvalue weighted by atomic mass is 10.3. The number of rotatable bonds is 7. The van der Waals surface area contributed by atoms with Crippen LogP contribution in [0.2, 0.25) is 0 Å². The van der Waals surface area contributed by atoms with E-state index in [0.29, 0.717) is 6.29 Å². The van der Waals surface area contributed by atoms with Crippen LogP contribution in [0, 0.1) is 0 Å². The first-order valence-corrected chi connectivity index (χ1v) is 6.44. The number of nitrogens with one attached hydrogen (secondary N) is 2. The molecule has 9 heteroatoms. The summed E-state index contributed by atoms with van der Waals surface area (Å²) in [6.07, 6.45) is 2.71. The van der Waals surface area contributed by atoms with E-state index in [1.54, 1.807) is 0 Å². The second kappa shape index (κ2) is 10.2. The summed E-state index contributed by atoms with van der Waals surface area (Å²) in [6, 6.07) is -0.800. The van der Waals surface area contributed by atoms with Crippen LogP contribution in [0.5, 0.6) is 0 Å². The van der Waals surface area contributed by atoms with Gasteiger partial charge < -0.3 is 20.5 Å². The molecule has 0 bridgehead atoms. The van der Waals surface area contributed by atoms with Crippen LogP contribution >= 0.6 is 0 Å². The highest BCUT2D eigenvalue weighted by atomic mass is 16.2. The Bertz CT molecular complexity index is 456. The Morgan fingerprint density at radius 2 is 1.82 bits per heavy atom. The number of aliphatic hydroxyl groups is 1. The van der Waals surface area contributed by atoms with E-state index in [-0.39, 0.29) is 19.5 Å². The lowest BCUT2D eigenvalue weighted by Gasteiger charge is -2.15. The van der Waals surface area contributed by atoms with Crippen molar-refractivity contribution in [2.45, 2.75) is 19.4 Å². The standard InChI is InChI=1S/C12H15N3O5.CH4O/c1-8(12(20)13-5-7-16)14-9(17)4-6-15-10(18)2-3-11(15)19;1-2/h2-3,7-8H,4-6H2,1H3,(H,13,20)(H,14,17);2H,1H3. The van der Waals surface area contributed by atoms with Gasteiger partial charge in [-0.25, -0.2) is 0 Å². The minimum Gasteiger partial charge on any atom is -0.400 e. The average molecular weight is 313 g/mol. The molecule has 0 aromatic carbocycles. The molecule has 0 aliphatic carbocycles. The molecule has 3 N–H and O–H groups in total. The molecule has 22 heavy (non-hydrogen) atoms. The zero-order valence-electron chi connectivity index (χ0n) is 12.4. The highest BCUT2D eigenvalue weighted by Gasteiger charge is 2.24. The maximum atomic E-state index is 11.6. The summed E-state index contributed by atoms with van der Waals surface area (Å²) in [5.41, 5.74) is 0. The zero-order chi connectivity index (χ0) is 17.1. The van der Waals surface area contributed by atoms with Crippen molar-refractivity contribution < 1.29 is 29.1 Å². The largest absolute Gasteiger partial charge is 0.400 e. The monoisotopic (exact) mass is 313 g/mol. The van der Waals surface area contributed by atoms with E-state index in [9.17, 15) is 24.0 Å². The van der Waals surface area contributed by atoms with Gasteiger partial charge >= 0.3 is 0 Å². The Morgan fingerprint density at radius 1 is 1.27 bits per heavy atom. The number of aldehydes is 1. The molecule has 0 radical (unpaired) electrons. The number of imide groups is 1.